The number of likely N-dealkylation sites (tertiary alicyclic amines) is 1. The average molecular weight is 393 g/mol. The Balaban J connectivity index is 1.30. The highest BCUT2D eigenvalue weighted by Crippen LogP contribution is 2.51. The summed E-state index contributed by atoms with van der Waals surface area (Å²) >= 11 is 0. The van der Waals surface area contributed by atoms with Crippen LogP contribution in [-0.4, -0.2) is 48.2 Å². The number of nitrogens with zero attached hydrogens (tertiary/aromatic N) is 1. The van der Waals surface area contributed by atoms with E-state index >= 15 is 0 Å². The number of carbonyl (C=O) groups is 2. The minimum Gasteiger partial charge on any atom is -0.486 e. The lowest BCUT2D eigenvalue weighted by molar-refractivity contribution is -0.142. The molecule has 1 aliphatic carbocycles. The number of hydrogen-bond donors (Lipinski definition) is 1. The van der Waals surface area contributed by atoms with Crippen molar-refractivity contribution < 1.29 is 24.2 Å². The molecule has 6 nitrogen and oxygen atoms in total. The van der Waals surface area contributed by atoms with Crippen LogP contribution in [0.25, 0.3) is 0 Å². The summed E-state index contributed by atoms with van der Waals surface area (Å²) in [4.78, 5) is 26.6. The maximum Gasteiger partial charge on any atom is 0.308 e. The van der Waals surface area contributed by atoms with Crippen LogP contribution >= 0.6 is 0 Å². The van der Waals surface area contributed by atoms with Crippen LogP contribution in [-0.2, 0) is 9.59 Å². The lowest BCUT2D eigenvalue weighted by Crippen LogP contribution is -2.31. The maximum absolute atomic E-state index is 13.1. The van der Waals surface area contributed by atoms with Gasteiger partial charge in [-0.3, -0.25) is 9.59 Å². The summed E-state index contributed by atoms with van der Waals surface area (Å²) in [7, 11) is 0. The Morgan fingerprint density at radius 2 is 1.62 bits per heavy atom. The van der Waals surface area contributed by atoms with Crippen molar-refractivity contribution in [2.45, 2.75) is 18.3 Å². The molecule has 0 radical (unpaired) electrons. The molecule has 6 heteroatoms. The van der Waals surface area contributed by atoms with Gasteiger partial charge in [0, 0.05) is 24.9 Å². The standard InChI is InChI=1S/C23H23NO5/c25-22(17-11-16(17)15-6-7-20-21(10-15)29-9-8-28-20)24-12-18(19(13-24)23(26)27)14-4-2-1-3-5-14/h1-7,10,16-19H,8-9,11-13H2,(H,26,27). The number of aliphatic carboxylic acids is 1. The van der Waals surface area contributed by atoms with Gasteiger partial charge in [-0.25, -0.2) is 0 Å². The van der Waals surface area contributed by atoms with Gasteiger partial charge >= 0.3 is 5.97 Å². The fourth-order valence-electron chi connectivity index (χ4n) is 4.63. The minimum atomic E-state index is -0.840. The first kappa shape index (κ1) is 18.0. The van der Waals surface area contributed by atoms with E-state index in [0.717, 1.165) is 29.0 Å². The highest BCUT2D eigenvalue weighted by molar-refractivity contribution is 5.85. The predicted molar refractivity (Wildman–Crippen MR) is 105 cm³/mol. The average Bonchev–Trinajstić information content (AvgIpc) is 3.43. The summed E-state index contributed by atoms with van der Waals surface area (Å²) in [6.45, 7) is 1.83. The molecule has 1 saturated heterocycles. The van der Waals surface area contributed by atoms with Gasteiger partial charge < -0.3 is 19.5 Å². The normalized spacial score (nSPS) is 27.5. The molecule has 4 unspecified atom stereocenters. The van der Waals surface area contributed by atoms with Gasteiger partial charge in [-0.1, -0.05) is 36.4 Å². The maximum atomic E-state index is 13.1. The zero-order valence-electron chi connectivity index (χ0n) is 16.0. The first-order valence-corrected chi connectivity index (χ1v) is 10.1. The Morgan fingerprint density at radius 1 is 0.862 bits per heavy atom. The van der Waals surface area contributed by atoms with Gasteiger partial charge in [0.2, 0.25) is 5.91 Å². The summed E-state index contributed by atoms with van der Waals surface area (Å²) in [6.07, 6.45) is 0.794. The van der Waals surface area contributed by atoms with Gasteiger partial charge in [-0.05, 0) is 35.6 Å². The number of carbonyl (C=O) groups excluding carboxylic acids is 1. The molecule has 1 amide bonds. The molecule has 0 aromatic heterocycles. The van der Waals surface area contributed by atoms with Crippen molar-refractivity contribution in [3.8, 4) is 11.5 Å². The van der Waals surface area contributed by atoms with E-state index in [9.17, 15) is 14.7 Å². The minimum absolute atomic E-state index is 0.0644. The highest BCUT2D eigenvalue weighted by Gasteiger charge is 2.49. The molecule has 2 aromatic rings. The van der Waals surface area contributed by atoms with Crippen LogP contribution in [0.5, 0.6) is 11.5 Å². The first-order chi connectivity index (χ1) is 14.1. The van der Waals surface area contributed by atoms with Crippen LogP contribution in [0.1, 0.15) is 29.4 Å². The lowest BCUT2D eigenvalue weighted by Gasteiger charge is -2.19. The van der Waals surface area contributed by atoms with Crippen LogP contribution in [0, 0.1) is 11.8 Å². The van der Waals surface area contributed by atoms with Crippen molar-refractivity contribution in [1.29, 1.82) is 0 Å². The zero-order valence-corrected chi connectivity index (χ0v) is 16.0. The number of hydrogen-bond acceptors (Lipinski definition) is 4. The number of fused-ring (bicyclic) bond motifs is 1. The third-order valence-corrected chi connectivity index (χ3v) is 6.28. The molecule has 2 heterocycles. The fourth-order valence-corrected chi connectivity index (χ4v) is 4.63. The summed E-state index contributed by atoms with van der Waals surface area (Å²) in [5.74, 6) is 0.0694. The Labute approximate surface area is 169 Å². The van der Waals surface area contributed by atoms with E-state index in [-0.39, 0.29) is 30.2 Å². The second kappa shape index (κ2) is 7.10. The highest BCUT2D eigenvalue weighted by atomic mass is 16.6. The van der Waals surface area contributed by atoms with Crippen molar-refractivity contribution in [3.05, 3.63) is 59.7 Å². The fraction of sp³-hybridized carbons (Fsp3) is 0.391. The predicted octanol–water partition coefficient (Wildman–Crippen LogP) is 2.89. The van der Waals surface area contributed by atoms with Crippen molar-refractivity contribution in [1.82, 2.24) is 4.90 Å². The number of rotatable bonds is 4. The SMILES string of the molecule is O=C(O)C1CN(C(=O)C2CC2c2ccc3c(c2)OCCO3)CC1c1ccccc1. The third kappa shape index (κ3) is 3.33. The quantitative estimate of drug-likeness (QED) is 0.864. The van der Waals surface area contributed by atoms with Crippen molar-refractivity contribution in [3.63, 3.8) is 0 Å². The van der Waals surface area contributed by atoms with Crippen molar-refractivity contribution in [2.75, 3.05) is 26.3 Å². The molecular formula is C23H23NO5. The zero-order chi connectivity index (χ0) is 20.0. The number of carboxylic acid groups (broad SMARTS) is 1. The van der Waals surface area contributed by atoms with Crippen LogP contribution < -0.4 is 9.47 Å². The second-order valence-corrected chi connectivity index (χ2v) is 8.06. The van der Waals surface area contributed by atoms with E-state index < -0.39 is 11.9 Å². The first-order valence-electron chi connectivity index (χ1n) is 10.1. The summed E-state index contributed by atoms with van der Waals surface area (Å²) in [5.41, 5.74) is 2.07. The van der Waals surface area contributed by atoms with Crippen LogP contribution in [0.3, 0.4) is 0 Å². The summed E-state index contributed by atoms with van der Waals surface area (Å²) in [5, 5.41) is 9.68. The number of ether oxygens (including phenoxy) is 2. The number of benzene rings is 2. The topological polar surface area (TPSA) is 76.1 Å². The molecule has 0 spiro atoms. The Bertz CT molecular complexity index is 944. The molecule has 1 N–H and O–H groups in total. The van der Waals surface area contributed by atoms with E-state index in [0.29, 0.717) is 19.8 Å². The van der Waals surface area contributed by atoms with E-state index in [1.807, 2.05) is 48.5 Å². The smallest absolute Gasteiger partial charge is 0.308 e. The molecule has 2 aliphatic heterocycles. The largest absolute Gasteiger partial charge is 0.486 e. The molecule has 5 rings (SSSR count). The molecule has 0 bridgehead atoms. The molecule has 1 saturated carbocycles. The molecule has 3 aliphatic rings. The van der Waals surface area contributed by atoms with Gasteiger partial charge in [0.05, 0.1) is 5.92 Å². The number of carboxylic acids is 1. The van der Waals surface area contributed by atoms with Gasteiger partial charge in [-0.2, -0.15) is 0 Å². The van der Waals surface area contributed by atoms with E-state index in [1.54, 1.807) is 4.90 Å². The van der Waals surface area contributed by atoms with Crippen molar-refractivity contribution in [2.24, 2.45) is 11.8 Å². The van der Waals surface area contributed by atoms with Crippen molar-refractivity contribution >= 4 is 11.9 Å². The van der Waals surface area contributed by atoms with Gasteiger partial charge in [0.25, 0.3) is 0 Å². The Morgan fingerprint density at radius 3 is 2.38 bits per heavy atom. The van der Waals surface area contributed by atoms with E-state index in [4.69, 9.17) is 9.47 Å². The summed E-state index contributed by atoms with van der Waals surface area (Å²) in [6, 6.07) is 15.5. The monoisotopic (exact) mass is 393 g/mol. The molecule has 2 aromatic carbocycles. The third-order valence-electron chi connectivity index (χ3n) is 6.28. The molecule has 29 heavy (non-hydrogen) atoms. The lowest BCUT2D eigenvalue weighted by atomic mass is 9.89. The summed E-state index contributed by atoms with van der Waals surface area (Å²) < 4.78 is 11.2. The Kier molecular flexibility index (Phi) is 4.42. The molecular weight excluding hydrogens is 370 g/mol. The van der Waals surface area contributed by atoms with E-state index in [2.05, 4.69) is 0 Å². The van der Waals surface area contributed by atoms with Gasteiger partial charge in [0.1, 0.15) is 13.2 Å². The van der Waals surface area contributed by atoms with Crippen LogP contribution in [0.2, 0.25) is 0 Å². The number of amides is 1. The van der Waals surface area contributed by atoms with Crippen LogP contribution in [0.4, 0.5) is 0 Å². The van der Waals surface area contributed by atoms with Crippen LogP contribution in [0.15, 0.2) is 48.5 Å². The van der Waals surface area contributed by atoms with E-state index in [1.165, 1.54) is 0 Å². The molecule has 2 fully saturated rings. The molecule has 4 atom stereocenters. The Hall–Kier alpha value is -3.02. The molecule has 150 valence electrons. The second-order valence-electron chi connectivity index (χ2n) is 8.06. The van der Waals surface area contributed by atoms with Gasteiger partial charge in [0.15, 0.2) is 11.5 Å². The van der Waals surface area contributed by atoms with Gasteiger partial charge in [-0.15, -0.1) is 0 Å².